The molecule has 0 radical (unpaired) electrons. The highest BCUT2D eigenvalue weighted by atomic mass is 32.2. The first-order chi connectivity index (χ1) is 9.66. The number of aliphatic hydroxyl groups is 1. The smallest absolute Gasteiger partial charge is 0.224 e. The summed E-state index contributed by atoms with van der Waals surface area (Å²) < 4.78 is 12.1. The summed E-state index contributed by atoms with van der Waals surface area (Å²) in [6, 6.07) is 7.85. The van der Waals surface area contributed by atoms with E-state index in [1.54, 1.807) is 11.8 Å². The lowest BCUT2D eigenvalue weighted by Crippen LogP contribution is -2.46. The highest BCUT2D eigenvalue weighted by Gasteiger charge is 2.59. The molecule has 0 aliphatic carbocycles. The molecular formula is C17H26O3S. The average molecular weight is 310 g/mol. The van der Waals surface area contributed by atoms with Gasteiger partial charge in [0.25, 0.3) is 0 Å². The predicted octanol–water partition coefficient (Wildman–Crippen LogP) is 4.14. The number of hydrogen-bond donors (Lipinski definition) is 1. The van der Waals surface area contributed by atoms with Crippen molar-refractivity contribution in [2.24, 2.45) is 5.41 Å². The molecule has 0 saturated carbocycles. The van der Waals surface area contributed by atoms with Gasteiger partial charge in [0.1, 0.15) is 5.60 Å². The fraction of sp³-hybridized carbons (Fsp3) is 0.647. The van der Waals surface area contributed by atoms with Crippen LogP contribution < -0.4 is 0 Å². The summed E-state index contributed by atoms with van der Waals surface area (Å²) in [5.41, 5.74) is -0.206. The first-order valence-electron chi connectivity index (χ1n) is 7.39. The lowest BCUT2D eigenvalue weighted by Gasteiger charge is -2.35. The maximum absolute atomic E-state index is 11.2. The van der Waals surface area contributed by atoms with Gasteiger partial charge in [-0.05, 0) is 31.7 Å². The fourth-order valence-electron chi connectivity index (χ4n) is 2.49. The largest absolute Gasteiger partial charge is 0.360 e. The molecule has 21 heavy (non-hydrogen) atoms. The summed E-state index contributed by atoms with van der Waals surface area (Å²) in [5.74, 6) is -1.42. The Morgan fingerprint density at radius 2 is 1.76 bits per heavy atom. The van der Waals surface area contributed by atoms with Crippen molar-refractivity contribution in [1.29, 1.82) is 0 Å². The molecule has 1 aliphatic rings. The average Bonchev–Trinajstić information content (AvgIpc) is 2.73. The van der Waals surface area contributed by atoms with Crippen LogP contribution in [0.15, 0.2) is 29.2 Å². The molecule has 3 nitrogen and oxygen atoms in total. The number of hydrogen-bond acceptors (Lipinski definition) is 4. The van der Waals surface area contributed by atoms with E-state index in [0.717, 1.165) is 10.5 Å². The second kappa shape index (κ2) is 5.58. The topological polar surface area (TPSA) is 38.7 Å². The van der Waals surface area contributed by atoms with Gasteiger partial charge in [0.05, 0.1) is 0 Å². The zero-order chi connectivity index (χ0) is 15.9. The Kier molecular flexibility index (Phi) is 4.47. The van der Waals surface area contributed by atoms with E-state index in [0.29, 0.717) is 6.42 Å². The minimum absolute atomic E-state index is 0.194. The van der Waals surface area contributed by atoms with E-state index in [1.165, 1.54) is 0 Å². The van der Waals surface area contributed by atoms with Gasteiger partial charge < -0.3 is 14.6 Å². The molecule has 0 spiro atoms. The lowest BCUT2D eigenvalue weighted by atomic mass is 9.87. The minimum Gasteiger partial charge on any atom is -0.360 e. The number of rotatable bonds is 3. The molecule has 0 amide bonds. The Morgan fingerprint density at radius 1 is 1.19 bits per heavy atom. The highest BCUT2D eigenvalue weighted by molar-refractivity contribution is 7.98. The van der Waals surface area contributed by atoms with Crippen molar-refractivity contribution in [3.05, 3.63) is 29.8 Å². The summed E-state index contributed by atoms with van der Waals surface area (Å²) >= 11 is 1.68. The first-order valence-corrected chi connectivity index (χ1v) is 8.61. The van der Waals surface area contributed by atoms with E-state index in [2.05, 4.69) is 20.8 Å². The Morgan fingerprint density at radius 3 is 2.19 bits per heavy atom. The predicted molar refractivity (Wildman–Crippen MR) is 86.2 cm³/mol. The van der Waals surface area contributed by atoms with Gasteiger partial charge in [-0.2, -0.15) is 0 Å². The maximum Gasteiger partial charge on any atom is 0.224 e. The van der Waals surface area contributed by atoms with Gasteiger partial charge in [-0.25, -0.2) is 0 Å². The normalized spacial score (nSPS) is 33.4. The summed E-state index contributed by atoms with van der Waals surface area (Å²) in [5, 5.41) is 11.2. The van der Waals surface area contributed by atoms with Gasteiger partial charge in [-0.15, -0.1) is 11.8 Å². The van der Waals surface area contributed by atoms with Crippen molar-refractivity contribution in [2.45, 2.75) is 63.6 Å². The molecule has 1 saturated heterocycles. The molecule has 1 heterocycles. The van der Waals surface area contributed by atoms with Gasteiger partial charge in [0.2, 0.25) is 5.79 Å². The van der Waals surface area contributed by atoms with Crippen molar-refractivity contribution in [2.75, 3.05) is 6.26 Å². The van der Waals surface area contributed by atoms with Crippen molar-refractivity contribution in [3.8, 4) is 0 Å². The van der Waals surface area contributed by atoms with Crippen LogP contribution in [0.1, 0.15) is 46.6 Å². The number of ether oxygens (including phenoxy) is 2. The molecule has 0 bridgehead atoms. The van der Waals surface area contributed by atoms with E-state index >= 15 is 0 Å². The van der Waals surface area contributed by atoms with Crippen LogP contribution in [0.2, 0.25) is 0 Å². The van der Waals surface area contributed by atoms with Crippen molar-refractivity contribution in [1.82, 2.24) is 0 Å². The van der Waals surface area contributed by atoms with E-state index in [-0.39, 0.29) is 5.41 Å². The van der Waals surface area contributed by atoms with Gasteiger partial charge in [0.15, 0.2) is 6.29 Å². The molecule has 4 heteroatoms. The summed E-state index contributed by atoms with van der Waals surface area (Å²) in [4.78, 5) is 1.16. The van der Waals surface area contributed by atoms with Crippen molar-refractivity contribution >= 4 is 11.8 Å². The molecule has 1 unspecified atom stereocenters. The molecule has 1 N–H and O–H groups in total. The zero-order valence-electron chi connectivity index (χ0n) is 13.8. The van der Waals surface area contributed by atoms with Crippen LogP contribution >= 0.6 is 11.8 Å². The maximum atomic E-state index is 11.2. The molecule has 118 valence electrons. The van der Waals surface area contributed by atoms with E-state index < -0.39 is 17.7 Å². The molecule has 1 aromatic rings. The van der Waals surface area contributed by atoms with Crippen LogP contribution in [-0.4, -0.2) is 23.3 Å². The van der Waals surface area contributed by atoms with Crippen LogP contribution in [0, 0.1) is 5.41 Å². The fourth-order valence-corrected chi connectivity index (χ4v) is 2.89. The van der Waals surface area contributed by atoms with Gasteiger partial charge >= 0.3 is 0 Å². The lowest BCUT2D eigenvalue weighted by molar-refractivity contribution is -0.238. The third kappa shape index (κ3) is 2.87. The van der Waals surface area contributed by atoms with Crippen LogP contribution in [0.5, 0.6) is 0 Å². The highest BCUT2D eigenvalue weighted by Crippen LogP contribution is 2.50. The first kappa shape index (κ1) is 16.8. The Hall–Kier alpha value is -0.550. The molecule has 0 aromatic heterocycles. The molecule has 1 aliphatic heterocycles. The van der Waals surface area contributed by atoms with E-state index in [4.69, 9.17) is 9.47 Å². The Bertz CT molecular complexity index is 494. The Balaban J connectivity index is 2.41. The van der Waals surface area contributed by atoms with Crippen LogP contribution in [0.4, 0.5) is 0 Å². The van der Waals surface area contributed by atoms with E-state index in [9.17, 15) is 5.11 Å². The SMILES string of the molecule is CC[C@@]1(C)O[C@H](C(C)(C)C)OC1(O)c1ccc(SC)cc1. The van der Waals surface area contributed by atoms with E-state index in [1.807, 2.05) is 44.4 Å². The summed E-state index contributed by atoms with van der Waals surface area (Å²) in [6.45, 7) is 10.1. The third-order valence-electron chi connectivity index (χ3n) is 4.22. The second-order valence-corrected chi connectivity index (χ2v) is 7.77. The van der Waals surface area contributed by atoms with Gasteiger partial charge in [0, 0.05) is 15.9 Å². The molecular weight excluding hydrogens is 284 g/mol. The van der Waals surface area contributed by atoms with Gasteiger partial charge in [-0.1, -0.05) is 39.8 Å². The summed E-state index contributed by atoms with van der Waals surface area (Å²) in [7, 11) is 0. The molecule has 1 aromatic carbocycles. The molecule has 2 rings (SSSR count). The summed E-state index contributed by atoms with van der Waals surface area (Å²) in [6.07, 6.45) is 2.26. The Labute approximate surface area is 132 Å². The second-order valence-electron chi connectivity index (χ2n) is 6.89. The zero-order valence-corrected chi connectivity index (χ0v) is 14.6. The quantitative estimate of drug-likeness (QED) is 0.852. The van der Waals surface area contributed by atoms with Crippen molar-refractivity contribution in [3.63, 3.8) is 0 Å². The minimum atomic E-state index is -1.42. The molecule has 1 fully saturated rings. The van der Waals surface area contributed by atoms with Crippen LogP contribution in [-0.2, 0) is 15.3 Å². The van der Waals surface area contributed by atoms with Crippen LogP contribution in [0.3, 0.4) is 0 Å². The van der Waals surface area contributed by atoms with Crippen molar-refractivity contribution < 1.29 is 14.6 Å². The van der Waals surface area contributed by atoms with Crippen LogP contribution in [0.25, 0.3) is 0 Å². The third-order valence-corrected chi connectivity index (χ3v) is 4.97. The number of benzene rings is 1. The molecule has 3 atom stereocenters. The van der Waals surface area contributed by atoms with Gasteiger partial charge in [-0.3, -0.25) is 0 Å². The number of thioether (sulfide) groups is 1. The standard InChI is InChI=1S/C17H26O3S/c1-7-16(5)17(18,20-14(19-16)15(2,3)4)12-8-10-13(21-6)11-9-12/h8-11,14,18H,7H2,1-6H3/t14-,16+,17?/m0/s1. The monoisotopic (exact) mass is 310 g/mol.